The maximum Gasteiger partial charge on any atom is 0.104 e. The van der Waals surface area contributed by atoms with Crippen LogP contribution in [0.2, 0.25) is 0 Å². The summed E-state index contributed by atoms with van der Waals surface area (Å²) >= 11 is 0. The van der Waals surface area contributed by atoms with Crippen molar-refractivity contribution in [3.8, 4) is 0 Å². The van der Waals surface area contributed by atoms with Gasteiger partial charge in [0.1, 0.15) is 6.10 Å². The summed E-state index contributed by atoms with van der Waals surface area (Å²) in [5.74, 6) is 5.18. The Labute approximate surface area is 186 Å². The van der Waals surface area contributed by atoms with Crippen LogP contribution in [-0.4, -0.2) is 24.4 Å². The Morgan fingerprint density at radius 3 is 2.50 bits per heavy atom. The van der Waals surface area contributed by atoms with Crippen molar-refractivity contribution in [1.29, 1.82) is 0 Å². The maximum atomic E-state index is 10.5. The van der Waals surface area contributed by atoms with Crippen molar-refractivity contribution in [2.45, 2.75) is 111 Å². The molecule has 30 heavy (non-hydrogen) atoms. The molecule has 3 fully saturated rings. The maximum absolute atomic E-state index is 10.5. The first kappa shape index (κ1) is 22.8. The molecule has 1 N–H and O–H groups in total. The second kappa shape index (κ2) is 8.54. The molecule has 0 amide bonds. The number of fused-ring (bicyclic) bond motifs is 5. The monoisotopic (exact) mass is 416 g/mol. The molecule has 0 aromatic carbocycles. The average molecular weight is 417 g/mol. The quantitative estimate of drug-likeness (QED) is 0.472. The summed E-state index contributed by atoms with van der Waals surface area (Å²) in [6.45, 7) is 12.5. The minimum atomic E-state index is -0.317. The number of aliphatic hydroxyl groups is 1. The minimum absolute atomic E-state index is 0.0738. The fraction of sp³-hybridized carbons (Fsp3) is 0.929. The lowest BCUT2D eigenvalue weighted by atomic mass is 9.46. The number of aliphatic hydroxyl groups excluding tert-OH is 1. The number of rotatable bonds is 6. The lowest BCUT2D eigenvalue weighted by molar-refractivity contribution is -0.0879. The molecule has 2 heteroatoms. The van der Waals surface area contributed by atoms with Gasteiger partial charge in [0, 0.05) is 7.11 Å². The molecule has 0 saturated heterocycles. The van der Waals surface area contributed by atoms with Gasteiger partial charge in [-0.2, -0.15) is 0 Å². The standard InChI is InChI=1S/C28H48O2/c1-18(2)8-7-9-19(3)21-12-13-22-20-10-11-24-26(30-6)25(29)15-17-28(24,5)23(20)14-16-27(21,22)4/h11,18-23,25-26,29H,7-10,12-17H2,1-6H3/t19-,20+,21-,22+,23+,25+,26-,27-,28-/m1/s1. The molecule has 0 aromatic heterocycles. The Morgan fingerprint density at radius 1 is 1.03 bits per heavy atom. The Balaban J connectivity index is 1.52. The molecule has 0 spiro atoms. The van der Waals surface area contributed by atoms with E-state index < -0.39 is 0 Å². The number of ether oxygens (including phenoxy) is 1. The summed E-state index contributed by atoms with van der Waals surface area (Å²) in [5, 5.41) is 10.5. The van der Waals surface area contributed by atoms with Crippen LogP contribution < -0.4 is 0 Å². The zero-order chi connectivity index (χ0) is 21.7. The number of methoxy groups -OCH3 is 1. The molecule has 3 saturated carbocycles. The van der Waals surface area contributed by atoms with Crippen LogP contribution in [-0.2, 0) is 4.74 Å². The number of allylic oxidation sites excluding steroid dienone is 1. The highest BCUT2D eigenvalue weighted by atomic mass is 16.5. The summed E-state index contributed by atoms with van der Waals surface area (Å²) < 4.78 is 5.81. The first-order chi connectivity index (χ1) is 14.2. The van der Waals surface area contributed by atoms with E-state index in [9.17, 15) is 5.11 Å². The summed E-state index contributed by atoms with van der Waals surface area (Å²) in [5.41, 5.74) is 2.23. The zero-order valence-corrected chi connectivity index (χ0v) is 20.6. The average Bonchev–Trinajstić information content (AvgIpc) is 3.05. The first-order valence-corrected chi connectivity index (χ1v) is 13.1. The fourth-order valence-corrected chi connectivity index (χ4v) is 9.00. The van der Waals surface area contributed by atoms with Gasteiger partial charge in [0.05, 0.1) is 6.10 Å². The van der Waals surface area contributed by atoms with Crippen molar-refractivity contribution >= 4 is 0 Å². The summed E-state index contributed by atoms with van der Waals surface area (Å²) in [7, 11) is 1.78. The summed E-state index contributed by atoms with van der Waals surface area (Å²) in [4.78, 5) is 0. The second-order valence-electron chi connectivity index (χ2n) is 12.5. The molecule has 9 atom stereocenters. The van der Waals surface area contributed by atoms with Crippen molar-refractivity contribution in [2.75, 3.05) is 7.11 Å². The first-order valence-electron chi connectivity index (χ1n) is 13.1. The smallest absolute Gasteiger partial charge is 0.104 e. The van der Waals surface area contributed by atoms with Gasteiger partial charge in [-0.3, -0.25) is 0 Å². The molecular formula is C28H48O2. The van der Waals surface area contributed by atoms with Gasteiger partial charge in [0.2, 0.25) is 0 Å². The van der Waals surface area contributed by atoms with E-state index in [1.807, 2.05) is 0 Å². The molecule has 0 heterocycles. The lowest BCUT2D eigenvalue weighted by Crippen LogP contribution is -2.54. The summed E-state index contributed by atoms with van der Waals surface area (Å²) in [6.07, 6.45) is 15.3. The van der Waals surface area contributed by atoms with Crippen LogP contribution in [0.25, 0.3) is 0 Å². The van der Waals surface area contributed by atoms with E-state index in [0.717, 1.165) is 48.3 Å². The predicted molar refractivity (Wildman–Crippen MR) is 125 cm³/mol. The van der Waals surface area contributed by atoms with E-state index in [1.54, 1.807) is 7.11 Å². The largest absolute Gasteiger partial charge is 0.390 e. The van der Waals surface area contributed by atoms with Crippen LogP contribution in [0.4, 0.5) is 0 Å². The molecular weight excluding hydrogens is 368 g/mol. The molecule has 0 radical (unpaired) electrons. The molecule has 172 valence electrons. The molecule has 0 unspecified atom stereocenters. The van der Waals surface area contributed by atoms with E-state index in [2.05, 4.69) is 40.7 Å². The van der Waals surface area contributed by atoms with Crippen molar-refractivity contribution in [3.05, 3.63) is 11.6 Å². The predicted octanol–water partition coefficient (Wildman–Crippen LogP) is 7.01. The highest BCUT2D eigenvalue weighted by Crippen LogP contribution is 2.67. The van der Waals surface area contributed by atoms with Gasteiger partial charge < -0.3 is 9.84 Å². The van der Waals surface area contributed by atoms with Crippen LogP contribution in [0.15, 0.2) is 11.6 Å². The lowest BCUT2D eigenvalue weighted by Gasteiger charge is -2.59. The van der Waals surface area contributed by atoms with E-state index in [-0.39, 0.29) is 17.6 Å². The number of hydrogen-bond acceptors (Lipinski definition) is 2. The summed E-state index contributed by atoms with van der Waals surface area (Å²) in [6, 6.07) is 0. The third kappa shape index (κ3) is 3.62. The molecule has 4 rings (SSSR count). The van der Waals surface area contributed by atoms with E-state index >= 15 is 0 Å². The van der Waals surface area contributed by atoms with Gasteiger partial charge in [-0.25, -0.2) is 0 Å². The SMILES string of the molecule is CO[C@@H]1C2=CC[C@H]3[C@@H]4CC[C@H]([C@H](C)CCCC(C)C)[C@@]4(C)CC[C@@H]3[C@@]2(C)CC[C@@H]1O. The van der Waals surface area contributed by atoms with Crippen LogP contribution in [0, 0.1) is 46.3 Å². The van der Waals surface area contributed by atoms with E-state index in [1.165, 1.54) is 56.9 Å². The molecule has 2 nitrogen and oxygen atoms in total. The zero-order valence-electron chi connectivity index (χ0n) is 20.6. The van der Waals surface area contributed by atoms with Gasteiger partial charge in [-0.05, 0) is 96.9 Å². The Morgan fingerprint density at radius 2 is 1.80 bits per heavy atom. The van der Waals surface area contributed by atoms with Gasteiger partial charge in [0.25, 0.3) is 0 Å². The third-order valence-corrected chi connectivity index (χ3v) is 10.6. The van der Waals surface area contributed by atoms with Crippen LogP contribution in [0.3, 0.4) is 0 Å². The van der Waals surface area contributed by atoms with Crippen molar-refractivity contribution in [1.82, 2.24) is 0 Å². The highest BCUT2D eigenvalue weighted by molar-refractivity contribution is 5.29. The minimum Gasteiger partial charge on any atom is -0.390 e. The number of hydrogen-bond donors (Lipinski definition) is 1. The van der Waals surface area contributed by atoms with Crippen LogP contribution in [0.5, 0.6) is 0 Å². The Hall–Kier alpha value is -0.340. The van der Waals surface area contributed by atoms with Gasteiger partial charge in [0.15, 0.2) is 0 Å². The van der Waals surface area contributed by atoms with Crippen molar-refractivity contribution in [3.63, 3.8) is 0 Å². The Kier molecular flexibility index (Phi) is 6.50. The Bertz CT molecular complexity index is 639. The van der Waals surface area contributed by atoms with E-state index in [0.29, 0.717) is 5.41 Å². The van der Waals surface area contributed by atoms with Gasteiger partial charge in [-0.15, -0.1) is 0 Å². The molecule has 0 bridgehead atoms. The van der Waals surface area contributed by atoms with Gasteiger partial charge >= 0.3 is 0 Å². The topological polar surface area (TPSA) is 29.5 Å². The van der Waals surface area contributed by atoms with Crippen molar-refractivity contribution in [2.24, 2.45) is 46.3 Å². The third-order valence-electron chi connectivity index (χ3n) is 10.6. The molecule has 4 aliphatic carbocycles. The highest BCUT2D eigenvalue weighted by Gasteiger charge is 2.60. The normalized spacial score (nSPS) is 46.7. The molecule has 0 aromatic rings. The molecule has 4 aliphatic rings. The van der Waals surface area contributed by atoms with Crippen LogP contribution in [0.1, 0.15) is 98.8 Å². The van der Waals surface area contributed by atoms with Gasteiger partial charge in [-0.1, -0.05) is 60.0 Å². The fourth-order valence-electron chi connectivity index (χ4n) is 9.00. The molecule has 0 aliphatic heterocycles. The van der Waals surface area contributed by atoms with E-state index in [4.69, 9.17) is 4.74 Å². The second-order valence-corrected chi connectivity index (χ2v) is 12.5. The van der Waals surface area contributed by atoms with Crippen LogP contribution >= 0.6 is 0 Å². The van der Waals surface area contributed by atoms with Crippen molar-refractivity contribution < 1.29 is 9.84 Å².